The van der Waals surface area contributed by atoms with Crippen LogP contribution >= 0.6 is 0 Å². The minimum Gasteiger partial charge on any atom is -0.398 e. The Morgan fingerprint density at radius 1 is 1.45 bits per heavy atom. The summed E-state index contributed by atoms with van der Waals surface area (Å²) in [6, 6.07) is 6.37. The third kappa shape index (κ3) is 3.13. The first kappa shape index (κ1) is 15.3. The number of aliphatic hydroxyl groups is 1. The van der Waals surface area contributed by atoms with E-state index in [9.17, 15) is 13.5 Å². The molecule has 1 aromatic carbocycles. The summed E-state index contributed by atoms with van der Waals surface area (Å²) in [6.07, 6.45) is 3.28. The summed E-state index contributed by atoms with van der Waals surface area (Å²) in [5, 5.41) is 9.68. The van der Waals surface area contributed by atoms with Crippen molar-refractivity contribution in [2.75, 3.05) is 12.3 Å². The maximum atomic E-state index is 12.5. The number of sulfonamides is 1. The summed E-state index contributed by atoms with van der Waals surface area (Å²) in [7, 11) is -3.72. The third-order valence-electron chi connectivity index (χ3n) is 3.95. The van der Waals surface area contributed by atoms with Gasteiger partial charge in [0, 0.05) is 0 Å². The van der Waals surface area contributed by atoms with Crippen molar-refractivity contribution >= 4 is 15.7 Å². The molecule has 0 saturated heterocycles. The van der Waals surface area contributed by atoms with Crippen molar-refractivity contribution in [2.24, 2.45) is 5.92 Å². The molecule has 2 atom stereocenters. The monoisotopic (exact) mass is 298 g/mol. The zero-order chi connectivity index (χ0) is 14.8. The van der Waals surface area contributed by atoms with E-state index in [4.69, 9.17) is 5.73 Å². The van der Waals surface area contributed by atoms with Crippen LogP contribution in [0.5, 0.6) is 0 Å². The highest BCUT2D eigenvalue weighted by molar-refractivity contribution is 7.89. The van der Waals surface area contributed by atoms with Crippen LogP contribution in [0, 0.1) is 5.92 Å². The van der Waals surface area contributed by atoms with Gasteiger partial charge in [0.2, 0.25) is 10.0 Å². The molecule has 6 heteroatoms. The number of hydrogen-bond acceptors (Lipinski definition) is 4. The van der Waals surface area contributed by atoms with Crippen LogP contribution in [0.25, 0.3) is 0 Å². The molecule has 2 rings (SSSR count). The Morgan fingerprint density at radius 2 is 2.15 bits per heavy atom. The van der Waals surface area contributed by atoms with Gasteiger partial charge in [0.05, 0.1) is 17.8 Å². The molecule has 0 aromatic heterocycles. The number of anilines is 1. The molecule has 0 bridgehead atoms. The summed E-state index contributed by atoms with van der Waals surface area (Å²) in [4.78, 5) is 0.0750. The summed E-state index contributed by atoms with van der Waals surface area (Å²) in [5.74, 6) is 0.395. The van der Waals surface area contributed by atoms with Gasteiger partial charge in [-0.2, -0.15) is 0 Å². The zero-order valence-electron chi connectivity index (χ0n) is 11.7. The van der Waals surface area contributed by atoms with Gasteiger partial charge in [0.1, 0.15) is 4.90 Å². The summed E-state index contributed by atoms with van der Waals surface area (Å²) < 4.78 is 27.7. The number of nitrogen functional groups attached to an aromatic ring is 1. The van der Waals surface area contributed by atoms with Crippen LogP contribution in [0.2, 0.25) is 0 Å². The summed E-state index contributed by atoms with van der Waals surface area (Å²) >= 11 is 0. The fourth-order valence-electron chi connectivity index (χ4n) is 2.99. The van der Waals surface area contributed by atoms with Gasteiger partial charge in [-0.25, -0.2) is 13.1 Å². The Kier molecular flexibility index (Phi) is 4.36. The Balaban J connectivity index is 2.29. The van der Waals surface area contributed by atoms with Gasteiger partial charge in [-0.1, -0.05) is 31.9 Å². The van der Waals surface area contributed by atoms with E-state index >= 15 is 0 Å². The minimum atomic E-state index is -3.72. The third-order valence-corrected chi connectivity index (χ3v) is 5.61. The van der Waals surface area contributed by atoms with E-state index in [1.165, 1.54) is 6.07 Å². The fourth-order valence-corrected chi connectivity index (χ4v) is 4.56. The van der Waals surface area contributed by atoms with Crippen molar-refractivity contribution in [2.45, 2.75) is 43.0 Å². The van der Waals surface area contributed by atoms with Crippen molar-refractivity contribution in [1.29, 1.82) is 0 Å². The van der Waals surface area contributed by atoms with Crippen molar-refractivity contribution < 1.29 is 13.5 Å². The van der Waals surface area contributed by atoms with Gasteiger partial charge in [0.25, 0.3) is 0 Å². The van der Waals surface area contributed by atoms with Crippen LogP contribution in [0.4, 0.5) is 5.69 Å². The van der Waals surface area contributed by atoms with E-state index in [0.717, 1.165) is 12.8 Å². The van der Waals surface area contributed by atoms with Crippen molar-refractivity contribution in [3.63, 3.8) is 0 Å². The van der Waals surface area contributed by atoms with Crippen LogP contribution in [0.15, 0.2) is 29.2 Å². The number of rotatable bonds is 4. The molecule has 4 N–H and O–H groups in total. The van der Waals surface area contributed by atoms with Gasteiger partial charge in [0.15, 0.2) is 0 Å². The molecule has 1 saturated carbocycles. The van der Waals surface area contributed by atoms with Crippen LogP contribution in [0.1, 0.15) is 32.6 Å². The van der Waals surface area contributed by atoms with Crippen molar-refractivity contribution in [1.82, 2.24) is 4.72 Å². The molecule has 1 aromatic rings. The number of benzene rings is 1. The van der Waals surface area contributed by atoms with Crippen LogP contribution in [0.3, 0.4) is 0 Å². The van der Waals surface area contributed by atoms with E-state index in [0.29, 0.717) is 18.8 Å². The topological polar surface area (TPSA) is 92.4 Å². The van der Waals surface area contributed by atoms with E-state index in [1.54, 1.807) is 18.2 Å². The fraction of sp³-hybridized carbons (Fsp3) is 0.571. The van der Waals surface area contributed by atoms with Crippen LogP contribution in [-0.2, 0) is 10.0 Å². The van der Waals surface area contributed by atoms with E-state index in [2.05, 4.69) is 11.6 Å². The van der Waals surface area contributed by atoms with E-state index in [1.807, 2.05) is 0 Å². The van der Waals surface area contributed by atoms with Crippen molar-refractivity contribution in [3.8, 4) is 0 Å². The molecule has 1 aliphatic rings. The van der Waals surface area contributed by atoms with Crippen LogP contribution in [-0.4, -0.2) is 25.7 Å². The first-order valence-corrected chi connectivity index (χ1v) is 8.36. The lowest BCUT2D eigenvalue weighted by atomic mass is 9.78. The number of nitrogens with one attached hydrogen (secondary N) is 1. The molecule has 1 fully saturated rings. The Hall–Kier alpha value is -1.11. The molecule has 0 amide bonds. The second kappa shape index (κ2) is 5.71. The lowest BCUT2D eigenvalue weighted by Crippen LogP contribution is -2.53. The van der Waals surface area contributed by atoms with Crippen molar-refractivity contribution in [3.05, 3.63) is 24.3 Å². The highest BCUT2D eigenvalue weighted by Gasteiger charge is 2.38. The van der Waals surface area contributed by atoms with Gasteiger partial charge < -0.3 is 10.8 Å². The Bertz CT molecular complexity index is 574. The second-order valence-corrected chi connectivity index (χ2v) is 7.43. The second-order valence-electron chi connectivity index (χ2n) is 5.78. The molecule has 5 nitrogen and oxygen atoms in total. The first-order chi connectivity index (χ1) is 9.38. The lowest BCUT2D eigenvalue weighted by molar-refractivity contribution is 0.120. The summed E-state index contributed by atoms with van der Waals surface area (Å²) in [6.45, 7) is 1.89. The van der Waals surface area contributed by atoms with Gasteiger partial charge in [-0.15, -0.1) is 0 Å². The van der Waals surface area contributed by atoms with Crippen LogP contribution < -0.4 is 10.5 Å². The van der Waals surface area contributed by atoms with E-state index < -0.39 is 15.6 Å². The molecular weight excluding hydrogens is 276 g/mol. The molecular formula is C14H22N2O3S. The Morgan fingerprint density at radius 3 is 2.75 bits per heavy atom. The largest absolute Gasteiger partial charge is 0.398 e. The SMILES string of the molecule is CC1CCCC(CO)(NS(=O)(=O)c2ccccc2N)C1. The van der Waals surface area contributed by atoms with Gasteiger partial charge in [-0.05, 0) is 30.9 Å². The minimum absolute atomic E-state index is 0.0750. The van der Waals surface area contributed by atoms with Gasteiger partial charge >= 0.3 is 0 Å². The predicted octanol–water partition coefficient (Wildman–Crippen LogP) is 1.49. The smallest absolute Gasteiger partial charge is 0.243 e. The molecule has 0 spiro atoms. The average Bonchev–Trinajstić information content (AvgIpc) is 2.38. The molecule has 1 aliphatic carbocycles. The van der Waals surface area contributed by atoms with Gasteiger partial charge in [-0.3, -0.25) is 0 Å². The number of nitrogens with two attached hydrogens (primary N) is 1. The molecule has 0 aliphatic heterocycles. The molecule has 0 radical (unpaired) electrons. The standard InChI is InChI=1S/C14H22N2O3S/c1-11-5-4-8-14(9-11,10-17)16-20(18,19)13-7-3-2-6-12(13)15/h2-3,6-7,11,16-17H,4-5,8-10,15H2,1H3. The number of para-hydroxylation sites is 1. The summed E-state index contributed by atoms with van der Waals surface area (Å²) in [5.41, 5.74) is 5.20. The highest BCUT2D eigenvalue weighted by Crippen LogP contribution is 2.33. The zero-order valence-corrected chi connectivity index (χ0v) is 12.5. The predicted molar refractivity (Wildman–Crippen MR) is 78.6 cm³/mol. The maximum Gasteiger partial charge on any atom is 0.243 e. The Labute approximate surface area is 120 Å². The molecule has 112 valence electrons. The maximum absolute atomic E-state index is 12.5. The molecule has 2 unspecified atom stereocenters. The quantitative estimate of drug-likeness (QED) is 0.734. The number of aliphatic hydroxyl groups excluding tert-OH is 1. The highest BCUT2D eigenvalue weighted by atomic mass is 32.2. The lowest BCUT2D eigenvalue weighted by Gasteiger charge is -2.39. The normalized spacial score (nSPS) is 27.4. The van der Waals surface area contributed by atoms with E-state index in [-0.39, 0.29) is 17.2 Å². The first-order valence-electron chi connectivity index (χ1n) is 6.88. The average molecular weight is 298 g/mol. The molecule has 0 heterocycles. The number of hydrogen-bond donors (Lipinski definition) is 3. The molecule has 20 heavy (non-hydrogen) atoms.